The fourth-order valence-corrected chi connectivity index (χ4v) is 2.73. The first-order valence-electron chi connectivity index (χ1n) is 6.53. The molecule has 3 heteroatoms. The molecule has 0 atom stereocenters. The molecule has 0 aliphatic heterocycles. The number of nitrogens with one attached hydrogen (secondary N) is 1. The van der Waals surface area contributed by atoms with Gasteiger partial charge in [0.15, 0.2) is 0 Å². The Morgan fingerprint density at radius 2 is 1.74 bits per heavy atom. The summed E-state index contributed by atoms with van der Waals surface area (Å²) in [5.74, 6) is 0.723. The number of fused-ring (bicyclic) bond motifs is 1. The third-order valence-electron chi connectivity index (χ3n) is 3.70. The molecule has 0 unspecified atom stereocenters. The van der Waals surface area contributed by atoms with Crippen molar-refractivity contribution in [3.63, 3.8) is 0 Å². The van der Waals surface area contributed by atoms with Crippen LogP contribution in [0.15, 0.2) is 42.5 Å². The van der Waals surface area contributed by atoms with Gasteiger partial charge in [-0.1, -0.05) is 30.3 Å². The number of nitrogens with two attached hydrogens (primary N) is 1. The Balaban J connectivity index is 1.78. The molecule has 19 heavy (non-hydrogen) atoms. The lowest BCUT2D eigenvalue weighted by molar-refractivity contribution is 0.417. The van der Waals surface area contributed by atoms with Crippen LogP contribution >= 0.6 is 0 Å². The van der Waals surface area contributed by atoms with Gasteiger partial charge < -0.3 is 15.8 Å². The number of anilines is 2. The number of hydrogen-bond acceptors (Lipinski definition) is 3. The van der Waals surface area contributed by atoms with Crippen molar-refractivity contribution in [2.75, 3.05) is 18.2 Å². The van der Waals surface area contributed by atoms with Crippen molar-refractivity contribution in [3.8, 4) is 5.75 Å². The van der Waals surface area contributed by atoms with Gasteiger partial charge >= 0.3 is 0 Å². The van der Waals surface area contributed by atoms with E-state index in [1.54, 1.807) is 7.11 Å². The molecular weight excluding hydrogens is 236 g/mol. The largest absolute Gasteiger partial charge is 0.495 e. The number of nitrogen functional groups attached to an aromatic ring is 1. The molecule has 0 saturated carbocycles. The average Bonchev–Trinajstić information content (AvgIpc) is 2.83. The molecule has 0 spiro atoms. The third-order valence-corrected chi connectivity index (χ3v) is 3.70. The number of para-hydroxylation sites is 1. The van der Waals surface area contributed by atoms with E-state index in [9.17, 15) is 0 Å². The zero-order chi connectivity index (χ0) is 13.2. The van der Waals surface area contributed by atoms with E-state index in [0.29, 0.717) is 11.7 Å². The Kier molecular flexibility index (Phi) is 3.03. The van der Waals surface area contributed by atoms with Crippen LogP contribution < -0.4 is 15.8 Å². The number of methoxy groups -OCH3 is 1. The summed E-state index contributed by atoms with van der Waals surface area (Å²) in [6.45, 7) is 0. The molecule has 98 valence electrons. The summed E-state index contributed by atoms with van der Waals surface area (Å²) >= 11 is 0. The molecule has 0 saturated heterocycles. The van der Waals surface area contributed by atoms with E-state index in [-0.39, 0.29) is 0 Å². The van der Waals surface area contributed by atoms with Crippen LogP contribution in [0, 0.1) is 0 Å². The summed E-state index contributed by atoms with van der Waals surface area (Å²) in [4.78, 5) is 0. The maximum atomic E-state index is 6.09. The molecule has 1 aliphatic rings. The molecule has 0 aromatic heterocycles. The number of benzene rings is 2. The summed E-state index contributed by atoms with van der Waals surface area (Å²) in [6.07, 6.45) is 2.10. The first kappa shape index (κ1) is 11.9. The van der Waals surface area contributed by atoms with Crippen molar-refractivity contribution in [2.45, 2.75) is 18.9 Å². The zero-order valence-corrected chi connectivity index (χ0v) is 11.0. The number of hydrogen-bond donors (Lipinski definition) is 2. The quantitative estimate of drug-likeness (QED) is 0.828. The molecule has 3 rings (SSSR count). The van der Waals surface area contributed by atoms with Crippen LogP contribution in [0.25, 0.3) is 0 Å². The minimum atomic E-state index is 0.409. The monoisotopic (exact) mass is 254 g/mol. The van der Waals surface area contributed by atoms with Crippen molar-refractivity contribution in [3.05, 3.63) is 53.6 Å². The van der Waals surface area contributed by atoms with E-state index < -0.39 is 0 Å². The Morgan fingerprint density at radius 1 is 1.05 bits per heavy atom. The summed E-state index contributed by atoms with van der Waals surface area (Å²) < 4.78 is 5.25. The van der Waals surface area contributed by atoms with Crippen LogP contribution in [0.4, 0.5) is 11.4 Å². The maximum Gasteiger partial charge on any atom is 0.143 e. The summed E-state index contributed by atoms with van der Waals surface area (Å²) in [5.41, 5.74) is 10.6. The molecule has 3 N–H and O–H groups in total. The van der Waals surface area contributed by atoms with E-state index in [1.807, 2.05) is 18.2 Å². The van der Waals surface area contributed by atoms with Crippen LogP contribution in [-0.4, -0.2) is 13.2 Å². The van der Waals surface area contributed by atoms with Gasteiger partial charge in [-0.25, -0.2) is 0 Å². The standard InChI is InChI=1S/C16H18N2O/c1-19-15-8-4-7-14(16(15)17)18-13-9-11-5-2-3-6-12(11)10-13/h2-8,13,18H,9-10,17H2,1H3. The van der Waals surface area contributed by atoms with Crippen molar-refractivity contribution in [1.29, 1.82) is 0 Å². The Morgan fingerprint density at radius 3 is 2.37 bits per heavy atom. The lowest BCUT2D eigenvalue weighted by Crippen LogP contribution is -2.20. The predicted octanol–water partition coefficient (Wildman–Crippen LogP) is 2.86. The summed E-state index contributed by atoms with van der Waals surface area (Å²) in [6, 6.07) is 14.8. The molecule has 0 heterocycles. The van der Waals surface area contributed by atoms with Gasteiger partial charge in [-0.15, -0.1) is 0 Å². The molecule has 2 aromatic rings. The van der Waals surface area contributed by atoms with Gasteiger partial charge in [-0.2, -0.15) is 0 Å². The molecule has 0 fully saturated rings. The molecule has 3 nitrogen and oxygen atoms in total. The van der Waals surface area contributed by atoms with E-state index in [4.69, 9.17) is 10.5 Å². The van der Waals surface area contributed by atoms with Gasteiger partial charge in [0, 0.05) is 6.04 Å². The SMILES string of the molecule is COc1cccc(NC2Cc3ccccc3C2)c1N. The highest BCUT2D eigenvalue weighted by atomic mass is 16.5. The summed E-state index contributed by atoms with van der Waals surface area (Å²) in [7, 11) is 1.64. The molecular formula is C16H18N2O. The van der Waals surface area contributed by atoms with Gasteiger partial charge in [0.05, 0.1) is 18.5 Å². The molecule has 0 amide bonds. The first-order chi connectivity index (χ1) is 9.28. The minimum absolute atomic E-state index is 0.409. The highest BCUT2D eigenvalue weighted by molar-refractivity contribution is 5.73. The second kappa shape index (κ2) is 4.84. The van der Waals surface area contributed by atoms with Crippen molar-refractivity contribution >= 4 is 11.4 Å². The van der Waals surface area contributed by atoms with E-state index in [1.165, 1.54) is 11.1 Å². The Labute approximate surface area is 113 Å². The second-order valence-corrected chi connectivity index (χ2v) is 4.94. The minimum Gasteiger partial charge on any atom is -0.495 e. The van der Waals surface area contributed by atoms with Crippen LogP contribution in [0.1, 0.15) is 11.1 Å². The van der Waals surface area contributed by atoms with E-state index in [0.717, 1.165) is 24.3 Å². The predicted molar refractivity (Wildman–Crippen MR) is 78.7 cm³/mol. The second-order valence-electron chi connectivity index (χ2n) is 4.94. The maximum absolute atomic E-state index is 6.09. The summed E-state index contributed by atoms with van der Waals surface area (Å²) in [5, 5.41) is 3.53. The third kappa shape index (κ3) is 2.24. The van der Waals surface area contributed by atoms with Crippen LogP contribution in [0.3, 0.4) is 0 Å². The van der Waals surface area contributed by atoms with Crippen molar-refractivity contribution in [2.24, 2.45) is 0 Å². The van der Waals surface area contributed by atoms with Crippen molar-refractivity contribution < 1.29 is 4.74 Å². The lowest BCUT2D eigenvalue weighted by Gasteiger charge is -2.17. The normalized spacial score (nSPS) is 14.2. The van der Waals surface area contributed by atoms with Gasteiger partial charge in [-0.3, -0.25) is 0 Å². The van der Waals surface area contributed by atoms with E-state index >= 15 is 0 Å². The van der Waals surface area contributed by atoms with Crippen molar-refractivity contribution in [1.82, 2.24) is 0 Å². The number of rotatable bonds is 3. The number of ether oxygens (including phenoxy) is 1. The molecule has 1 aliphatic carbocycles. The Bertz CT molecular complexity index is 570. The van der Waals surface area contributed by atoms with Crippen LogP contribution in [0.5, 0.6) is 5.75 Å². The molecule has 0 radical (unpaired) electrons. The smallest absolute Gasteiger partial charge is 0.143 e. The fourth-order valence-electron chi connectivity index (χ4n) is 2.73. The molecule has 2 aromatic carbocycles. The molecule has 0 bridgehead atoms. The Hall–Kier alpha value is -2.16. The van der Waals surface area contributed by atoms with Gasteiger partial charge in [-0.05, 0) is 36.1 Å². The van der Waals surface area contributed by atoms with Gasteiger partial charge in [0.2, 0.25) is 0 Å². The van der Waals surface area contributed by atoms with E-state index in [2.05, 4.69) is 29.6 Å². The first-order valence-corrected chi connectivity index (χ1v) is 6.53. The van der Waals surface area contributed by atoms with Crippen LogP contribution in [-0.2, 0) is 12.8 Å². The highest BCUT2D eigenvalue weighted by Crippen LogP contribution is 2.31. The zero-order valence-electron chi connectivity index (χ0n) is 11.0. The highest BCUT2D eigenvalue weighted by Gasteiger charge is 2.21. The van der Waals surface area contributed by atoms with Crippen LogP contribution in [0.2, 0.25) is 0 Å². The topological polar surface area (TPSA) is 47.3 Å². The fraction of sp³-hybridized carbons (Fsp3) is 0.250. The van der Waals surface area contributed by atoms with Gasteiger partial charge in [0.25, 0.3) is 0 Å². The lowest BCUT2D eigenvalue weighted by atomic mass is 10.1. The van der Waals surface area contributed by atoms with Gasteiger partial charge in [0.1, 0.15) is 5.75 Å². The average molecular weight is 254 g/mol.